The zero-order valence-electron chi connectivity index (χ0n) is 13.7. The molecule has 3 unspecified atom stereocenters. The van der Waals surface area contributed by atoms with Gasteiger partial charge in [0.05, 0.1) is 18.0 Å². The largest absolute Gasteiger partial charge is 0.351 e. The van der Waals surface area contributed by atoms with Crippen molar-refractivity contribution in [3.05, 3.63) is 29.3 Å². The molecule has 3 fully saturated rings. The molecule has 3 saturated heterocycles. The second-order valence-electron chi connectivity index (χ2n) is 7.04. The third-order valence-electron chi connectivity index (χ3n) is 5.60. The van der Waals surface area contributed by atoms with Crippen molar-refractivity contribution in [1.29, 1.82) is 5.26 Å². The van der Waals surface area contributed by atoms with Gasteiger partial charge in [-0.2, -0.15) is 5.26 Å². The van der Waals surface area contributed by atoms with E-state index in [1.165, 1.54) is 0 Å². The number of hydrogen-bond donors (Lipinski definition) is 1. The number of nitriles is 1. The number of anilines is 1. The van der Waals surface area contributed by atoms with E-state index in [0.717, 1.165) is 24.9 Å². The monoisotopic (exact) mass is 358 g/mol. The zero-order valence-corrected chi connectivity index (χ0v) is 14.4. The first kappa shape index (κ1) is 16.2. The number of fused-ring (bicyclic) bond motifs is 2. The third kappa shape index (κ3) is 2.83. The second kappa shape index (κ2) is 6.23. The molecule has 4 rings (SSSR count). The SMILES string of the molecule is N#CN1C2CCC1C(NC(=O)[C@@H]1CC(=O)N(c3cccc(Cl)c3)C1)C2. The normalized spacial score (nSPS) is 30.6. The zero-order chi connectivity index (χ0) is 17.6. The van der Waals surface area contributed by atoms with Gasteiger partial charge in [-0.1, -0.05) is 17.7 Å². The minimum Gasteiger partial charge on any atom is -0.351 e. The number of carbonyl (C=O) groups is 2. The topological polar surface area (TPSA) is 76.4 Å². The van der Waals surface area contributed by atoms with Crippen LogP contribution in [0.15, 0.2) is 24.3 Å². The van der Waals surface area contributed by atoms with E-state index in [1.54, 1.807) is 23.1 Å². The lowest BCUT2D eigenvalue weighted by atomic mass is 9.94. The van der Waals surface area contributed by atoms with Crippen molar-refractivity contribution >= 4 is 29.1 Å². The predicted molar refractivity (Wildman–Crippen MR) is 92.7 cm³/mol. The Bertz CT molecular complexity index is 762. The minimum atomic E-state index is -0.360. The number of hydrogen-bond acceptors (Lipinski definition) is 4. The Morgan fingerprint density at radius 3 is 2.92 bits per heavy atom. The molecular formula is C18H19ClN4O2. The van der Waals surface area contributed by atoms with E-state index in [4.69, 9.17) is 11.6 Å². The molecule has 0 radical (unpaired) electrons. The number of amides is 2. The van der Waals surface area contributed by atoms with Gasteiger partial charge in [0.2, 0.25) is 11.8 Å². The average Bonchev–Trinajstić information content (AvgIpc) is 3.26. The Morgan fingerprint density at radius 2 is 2.20 bits per heavy atom. The molecule has 1 aromatic rings. The molecule has 2 bridgehead atoms. The van der Waals surface area contributed by atoms with E-state index < -0.39 is 0 Å². The van der Waals surface area contributed by atoms with Crippen LogP contribution in [0.25, 0.3) is 0 Å². The second-order valence-corrected chi connectivity index (χ2v) is 7.48. The van der Waals surface area contributed by atoms with Gasteiger partial charge in [0.15, 0.2) is 6.19 Å². The van der Waals surface area contributed by atoms with Crippen molar-refractivity contribution in [3.8, 4) is 6.19 Å². The fourth-order valence-electron chi connectivity index (χ4n) is 4.38. The van der Waals surface area contributed by atoms with E-state index in [0.29, 0.717) is 11.6 Å². The van der Waals surface area contributed by atoms with E-state index in [1.807, 2.05) is 11.0 Å². The maximum absolute atomic E-state index is 12.6. The first-order valence-corrected chi connectivity index (χ1v) is 8.99. The summed E-state index contributed by atoms with van der Waals surface area (Å²) in [5, 5.41) is 12.9. The fraction of sp³-hybridized carbons (Fsp3) is 0.500. The molecule has 0 saturated carbocycles. The highest BCUT2D eigenvalue weighted by Crippen LogP contribution is 2.37. The Morgan fingerprint density at radius 1 is 1.36 bits per heavy atom. The van der Waals surface area contributed by atoms with Gasteiger partial charge >= 0.3 is 0 Å². The van der Waals surface area contributed by atoms with E-state index in [-0.39, 0.29) is 42.3 Å². The van der Waals surface area contributed by atoms with Crippen LogP contribution in [-0.2, 0) is 9.59 Å². The molecule has 0 aliphatic carbocycles. The van der Waals surface area contributed by atoms with Gasteiger partial charge < -0.3 is 15.1 Å². The lowest BCUT2D eigenvalue weighted by molar-refractivity contribution is -0.127. The van der Waals surface area contributed by atoms with Gasteiger partial charge in [0, 0.05) is 29.7 Å². The van der Waals surface area contributed by atoms with Crippen molar-refractivity contribution in [2.75, 3.05) is 11.4 Å². The predicted octanol–water partition coefficient (Wildman–Crippen LogP) is 1.90. The average molecular weight is 359 g/mol. The Kier molecular flexibility index (Phi) is 4.04. The van der Waals surface area contributed by atoms with E-state index >= 15 is 0 Å². The molecule has 1 aromatic carbocycles. The summed E-state index contributed by atoms with van der Waals surface area (Å²) < 4.78 is 0. The summed E-state index contributed by atoms with van der Waals surface area (Å²) in [5.41, 5.74) is 0.725. The van der Waals surface area contributed by atoms with Crippen molar-refractivity contribution in [2.24, 2.45) is 5.92 Å². The lowest BCUT2D eigenvalue weighted by Gasteiger charge is -2.23. The molecule has 3 aliphatic rings. The molecule has 0 aromatic heterocycles. The summed E-state index contributed by atoms with van der Waals surface area (Å²) in [6.45, 7) is 0.369. The minimum absolute atomic E-state index is 0.0150. The van der Waals surface area contributed by atoms with E-state index in [9.17, 15) is 14.9 Å². The summed E-state index contributed by atoms with van der Waals surface area (Å²) >= 11 is 6.00. The molecule has 3 heterocycles. The van der Waals surface area contributed by atoms with Crippen molar-refractivity contribution in [3.63, 3.8) is 0 Å². The van der Waals surface area contributed by atoms with Crippen LogP contribution in [0, 0.1) is 17.4 Å². The molecule has 6 nitrogen and oxygen atoms in total. The summed E-state index contributed by atoms with van der Waals surface area (Å²) in [7, 11) is 0. The highest BCUT2D eigenvalue weighted by atomic mass is 35.5. The molecule has 7 heteroatoms. The molecule has 0 spiro atoms. The van der Waals surface area contributed by atoms with Crippen molar-refractivity contribution < 1.29 is 9.59 Å². The standard InChI is InChI=1S/C18H19ClN4O2/c19-12-2-1-3-13(7-12)22-9-11(6-17(22)24)18(25)21-15-8-14-4-5-16(15)23(14)10-20/h1-3,7,11,14-16H,4-6,8-9H2,(H,21,25)/t11-,14?,15?,16?/m1/s1. The van der Waals surface area contributed by atoms with Crippen LogP contribution in [0.3, 0.4) is 0 Å². The van der Waals surface area contributed by atoms with Crippen molar-refractivity contribution in [2.45, 2.75) is 43.8 Å². The van der Waals surface area contributed by atoms with Gasteiger partial charge in [-0.15, -0.1) is 0 Å². The number of rotatable bonds is 3. The Hall–Kier alpha value is -2.26. The Balaban J connectivity index is 1.41. The molecule has 3 aliphatic heterocycles. The van der Waals surface area contributed by atoms with Crippen LogP contribution in [-0.4, -0.2) is 41.4 Å². The quantitative estimate of drug-likeness (QED) is 0.837. The van der Waals surface area contributed by atoms with Crippen molar-refractivity contribution in [1.82, 2.24) is 10.2 Å². The highest BCUT2D eigenvalue weighted by Gasteiger charge is 2.47. The first-order valence-electron chi connectivity index (χ1n) is 8.61. The van der Waals surface area contributed by atoms with Crippen LogP contribution in [0.2, 0.25) is 5.02 Å². The molecule has 4 atom stereocenters. The molecule has 1 N–H and O–H groups in total. The molecule has 25 heavy (non-hydrogen) atoms. The summed E-state index contributed by atoms with van der Waals surface area (Å²) in [6, 6.07) is 7.50. The van der Waals surface area contributed by atoms with Gasteiger partial charge in [-0.25, -0.2) is 0 Å². The molecule has 2 amide bonds. The summed E-state index contributed by atoms with van der Waals surface area (Å²) in [6.07, 6.45) is 5.25. The molecule has 130 valence electrons. The van der Waals surface area contributed by atoms with Crippen LogP contribution >= 0.6 is 11.6 Å². The maximum atomic E-state index is 12.6. The van der Waals surface area contributed by atoms with Crippen LogP contribution in [0.1, 0.15) is 25.7 Å². The maximum Gasteiger partial charge on any atom is 0.227 e. The van der Waals surface area contributed by atoms with Crippen LogP contribution < -0.4 is 10.2 Å². The highest BCUT2D eigenvalue weighted by molar-refractivity contribution is 6.31. The van der Waals surface area contributed by atoms with Crippen LogP contribution in [0.4, 0.5) is 5.69 Å². The number of nitrogens with zero attached hydrogens (tertiary/aromatic N) is 3. The Labute approximate surface area is 151 Å². The van der Waals surface area contributed by atoms with E-state index in [2.05, 4.69) is 11.5 Å². The molecular weight excluding hydrogens is 340 g/mol. The van der Waals surface area contributed by atoms with Gasteiger partial charge in [-0.3, -0.25) is 9.59 Å². The fourth-order valence-corrected chi connectivity index (χ4v) is 4.56. The summed E-state index contributed by atoms with van der Waals surface area (Å²) in [4.78, 5) is 28.4. The first-order chi connectivity index (χ1) is 12.1. The van der Waals surface area contributed by atoms with Gasteiger partial charge in [-0.05, 0) is 37.5 Å². The van der Waals surface area contributed by atoms with Gasteiger partial charge in [0.25, 0.3) is 0 Å². The number of nitrogens with one attached hydrogen (secondary N) is 1. The lowest BCUT2D eigenvalue weighted by Crippen LogP contribution is -2.46. The third-order valence-corrected chi connectivity index (χ3v) is 5.83. The smallest absolute Gasteiger partial charge is 0.227 e. The number of benzene rings is 1. The van der Waals surface area contributed by atoms with Gasteiger partial charge in [0.1, 0.15) is 0 Å². The van der Waals surface area contributed by atoms with Crippen LogP contribution in [0.5, 0.6) is 0 Å². The number of halogens is 1. The number of carbonyl (C=O) groups excluding carboxylic acids is 2. The summed E-state index contributed by atoms with van der Waals surface area (Å²) in [5.74, 6) is -0.511.